The van der Waals surface area contributed by atoms with Crippen molar-refractivity contribution in [1.82, 2.24) is 19.9 Å². The van der Waals surface area contributed by atoms with Crippen molar-refractivity contribution in [3.05, 3.63) is 47.0 Å². The van der Waals surface area contributed by atoms with Crippen LogP contribution >= 0.6 is 15.9 Å². The highest BCUT2D eigenvalue weighted by Gasteiger charge is 2.34. The van der Waals surface area contributed by atoms with Gasteiger partial charge in [-0.2, -0.15) is 5.26 Å². The summed E-state index contributed by atoms with van der Waals surface area (Å²) in [7, 11) is 0. The summed E-state index contributed by atoms with van der Waals surface area (Å²) in [6.45, 7) is 3.39. The van der Waals surface area contributed by atoms with Crippen LogP contribution in [0, 0.1) is 17.2 Å². The van der Waals surface area contributed by atoms with E-state index in [1.807, 2.05) is 24.4 Å². The molecule has 0 saturated carbocycles. The summed E-state index contributed by atoms with van der Waals surface area (Å²) in [5, 5.41) is 10.2. The zero-order chi connectivity index (χ0) is 19.8. The van der Waals surface area contributed by atoms with Gasteiger partial charge in [0.2, 0.25) is 5.95 Å². The number of aromatic nitrogens is 4. The first-order chi connectivity index (χ1) is 14.2. The Bertz CT molecular complexity index is 1080. The first-order valence-electron chi connectivity index (χ1n) is 9.84. The molecule has 5 rings (SSSR count). The summed E-state index contributed by atoms with van der Waals surface area (Å²) in [6, 6.07) is 8.39. The highest BCUT2D eigenvalue weighted by atomic mass is 79.9. The summed E-state index contributed by atoms with van der Waals surface area (Å²) >= 11 is 3.55. The standard InChI is InChI=1S/C21H20BrN7/c22-17-2-1-3-18-16(17)11-26-21(27-18)29-12-15(13-29)19-20(25-7-6-24-19)28-8-4-14(10-23)5-9-28/h1-3,6-7,11,14-15H,4-5,8-9,12-13H2. The fourth-order valence-electron chi connectivity index (χ4n) is 4.07. The Balaban J connectivity index is 1.32. The van der Waals surface area contributed by atoms with Gasteiger partial charge in [-0.15, -0.1) is 0 Å². The molecule has 2 saturated heterocycles. The maximum Gasteiger partial charge on any atom is 0.225 e. The summed E-state index contributed by atoms with van der Waals surface area (Å²) in [5.41, 5.74) is 1.98. The largest absolute Gasteiger partial charge is 0.355 e. The van der Waals surface area contributed by atoms with Crippen LogP contribution in [-0.2, 0) is 0 Å². The Morgan fingerprint density at radius 1 is 1.03 bits per heavy atom. The Morgan fingerprint density at radius 2 is 1.83 bits per heavy atom. The topological polar surface area (TPSA) is 81.8 Å². The molecule has 0 aliphatic carbocycles. The van der Waals surface area contributed by atoms with Crippen LogP contribution in [-0.4, -0.2) is 46.1 Å². The van der Waals surface area contributed by atoms with E-state index in [1.165, 1.54) is 0 Å². The lowest BCUT2D eigenvalue weighted by Gasteiger charge is -2.40. The molecule has 2 fully saturated rings. The third-order valence-electron chi connectivity index (χ3n) is 5.79. The van der Waals surface area contributed by atoms with Gasteiger partial charge < -0.3 is 9.80 Å². The molecule has 0 N–H and O–H groups in total. The molecule has 0 atom stereocenters. The first kappa shape index (κ1) is 18.3. The molecule has 4 heterocycles. The predicted molar refractivity (Wildman–Crippen MR) is 115 cm³/mol. The molecule has 3 aromatic rings. The fraction of sp³-hybridized carbons (Fsp3) is 0.381. The first-order valence-corrected chi connectivity index (χ1v) is 10.6. The van der Waals surface area contributed by atoms with Gasteiger partial charge in [0.05, 0.1) is 17.3 Å². The minimum absolute atomic E-state index is 0.163. The third kappa shape index (κ3) is 3.40. The van der Waals surface area contributed by atoms with E-state index in [1.54, 1.807) is 12.4 Å². The Morgan fingerprint density at radius 3 is 2.62 bits per heavy atom. The van der Waals surface area contributed by atoms with Gasteiger partial charge in [-0.05, 0) is 25.0 Å². The quantitative estimate of drug-likeness (QED) is 0.604. The molecular weight excluding hydrogens is 430 g/mol. The van der Waals surface area contributed by atoms with E-state index in [9.17, 15) is 0 Å². The van der Waals surface area contributed by atoms with Gasteiger partial charge in [0, 0.05) is 66.5 Å². The second-order valence-corrected chi connectivity index (χ2v) is 8.45. The molecule has 0 amide bonds. The van der Waals surface area contributed by atoms with Gasteiger partial charge in [-0.3, -0.25) is 4.98 Å². The Kier molecular flexibility index (Phi) is 4.76. The molecule has 0 spiro atoms. The molecule has 146 valence electrons. The summed E-state index contributed by atoms with van der Waals surface area (Å²) < 4.78 is 1.01. The van der Waals surface area contributed by atoms with E-state index >= 15 is 0 Å². The predicted octanol–water partition coefficient (Wildman–Crippen LogP) is 3.53. The Hall–Kier alpha value is -2.79. The molecule has 2 aliphatic rings. The van der Waals surface area contributed by atoms with Gasteiger partial charge in [0.1, 0.15) is 0 Å². The average Bonchev–Trinajstić information content (AvgIpc) is 2.73. The summed E-state index contributed by atoms with van der Waals surface area (Å²) in [6.07, 6.45) is 7.19. The second kappa shape index (κ2) is 7.56. The normalized spacial score (nSPS) is 17.9. The molecular formula is C21H20BrN7. The van der Waals surface area contributed by atoms with E-state index in [0.717, 1.165) is 71.9 Å². The number of nitrogens with zero attached hydrogens (tertiary/aromatic N) is 7. The molecule has 0 unspecified atom stereocenters. The number of hydrogen-bond acceptors (Lipinski definition) is 7. The van der Waals surface area contributed by atoms with Crippen molar-refractivity contribution >= 4 is 38.6 Å². The van der Waals surface area contributed by atoms with Crippen molar-refractivity contribution in [3.63, 3.8) is 0 Å². The van der Waals surface area contributed by atoms with E-state index in [2.05, 4.69) is 46.8 Å². The molecule has 7 nitrogen and oxygen atoms in total. The smallest absolute Gasteiger partial charge is 0.225 e. The maximum atomic E-state index is 9.14. The second-order valence-electron chi connectivity index (χ2n) is 7.60. The lowest BCUT2D eigenvalue weighted by Crippen LogP contribution is -2.47. The molecule has 8 heteroatoms. The van der Waals surface area contributed by atoms with Gasteiger partial charge >= 0.3 is 0 Å². The molecule has 2 aliphatic heterocycles. The lowest BCUT2D eigenvalue weighted by atomic mass is 9.94. The summed E-state index contributed by atoms with van der Waals surface area (Å²) in [4.78, 5) is 23.0. The third-order valence-corrected chi connectivity index (χ3v) is 6.49. The molecule has 1 aromatic carbocycles. The van der Waals surface area contributed by atoms with Crippen molar-refractivity contribution < 1.29 is 0 Å². The minimum Gasteiger partial charge on any atom is -0.355 e. The molecule has 0 radical (unpaired) electrons. The van der Waals surface area contributed by atoms with Crippen LogP contribution in [0.4, 0.5) is 11.8 Å². The highest BCUT2D eigenvalue weighted by Crippen LogP contribution is 2.35. The van der Waals surface area contributed by atoms with Crippen LogP contribution < -0.4 is 9.80 Å². The number of rotatable bonds is 3. The number of piperidine rings is 1. The number of halogens is 1. The van der Waals surface area contributed by atoms with Crippen molar-refractivity contribution in [3.8, 4) is 6.07 Å². The zero-order valence-corrected chi connectivity index (χ0v) is 17.5. The van der Waals surface area contributed by atoms with Gasteiger partial charge in [-0.25, -0.2) is 15.0 Å². The van der Waals surface area contributed by atoms with E-state index < -0.39 is 0 Å². The molecule has 2 aromatic heterocycles. The lowest BCUT2D eigenvalue weighted by molar-refractivity contribution is 0.472. The van der Waals surface area contributed by atoms with Crippen molar-refractivity contribution in [2.75, 3.05) is 36.0 Å². The number of benzene rings is 1. The van der Waals surface area contributed by atoms with E-state index in [-0.39, 0.29) is 5.92 Å². The number of fused-ring (bicyclic) bond motifs is 1. The number of anilines is 2. The zero-order valence-electron chi connectivity index (χ0n) is 15.9. The molecule has 0 bridgehead atoms. The van der Waals surface area contributed by atoms with Crippen LogP contribution in [0.3, 0.4) is 0 Å². The Labute approximate surface area is 177 Å². The molecule has 29 heavy (non-hydrogen) atoms. The SMILES string of the molecule is N#CC1CCN(c2nccnc2C2CN(c3ncc4c(Br)cccc4n3)C2)CC1. The van der Waals surface area contributed by atoms with E-state index in [4.69, 9.17) is 10.2 Å². The van der Waals surface area contributed by atoms with Crippen molar-refractivity contribution in [2.24, 2.45) is 5.92 Å². The maximum absolute atomic E-state index is 9.14. The summed E-state index contributed by atoms with van der Waals surface area (Å²) in [5.74, 6) is 2.20. The average molecular weight is 450 g/mol. The monoisotopic (exact) mass is 449 g/mol. The van der Waals surface area contributed by atoms with Crippen molar-refractivity contribution in [1.29, 1.82) is 5.26 Å². The van der Waals surface area contributed by atoms with Crippen molar-refractivity contribution in [2.45, 2.75) is 18.8 Å². The number of nitriles is 1. The number of hydrogen-bond donors (Lipinski definition) is 0. The van der Waals surface area contributed by atoms with Gasteiger partial charge in [0.15, 0.2) is 5.82 Å². The van der Waals surface area contributed by atoms with Gasteiger partial charge in [-0.1, -0.05) is 22.0 Å². The minimum atomic E-state index is 0.163. The van der Waals surface area contributed by atoms with Crippen LogP contribution in [0.5, 0.6) is 0 Å². The van der Waals surface area contributed by atoms with Crippen LogP contribution in [0.15, 0.2) is 41.3 Å². The van der Waals surface area contributed by atoms with E-state index in [0.29, 0.717) is 5.92 Å². The fourth-order valence-corrected chi connectivity index (χ4v) is 4.53. The highest BCUT2D eigenvalue weighted by molar-refractivity contribution is 9.10. The van der Waals surface area contributed by atoms with Crippen LogP contribution in [0.2, 0.25) is 0 Å². The van der Waals surface area contributed by atoms with Gasteiger partial charge in [0.25, 0.3) is 0 Å². The van der Waals surface area contributed by atoms with Crippen LogP contribution in [0.1, 0.15) is 24.5 Å². The van der Waals surface area contributed by atoms with Crippen LogP contribution in [0.25, 0.3) is 10.9 Å².